The van der Waals surface area contributed by atoms with E-state index in [2.05, 4.69) is 20.0 Å². The van der Waals surface area contributed by atoms with Gasteiger partial charge in [-0.15, -0.1) is 0 Å². The van der Waals surface area contributed by atoms with Crippen molar-refractivity contribution in [3.63, 3.8) is 0 Å². The molecule has 2 aromatic rings. The summed E-state index contributed by atoms with van der Waals surface area (Å²) in [6.07, 6.45) is 2.27. The van der Waals surface area contributed by atoms with Crippen LogP contribution < -0.4 is 0 Å². The Hall–Kier alpha value is -1.79. The van der Waals surface area contributed by atoms with Gasteiger partial charge in [-0.25, -0.2) is 0 Å². The predicted octanol–water partition coefficient (Wildman–Crippen LogP) is 0.698. The van der Waals surface area contributed by atoms with E-state index in [1.165, 1.54) is 0 Å². The first kappa shape index (κ1) is 11.3. The molecule has 1 saturated heterocycles. The average Bonchev–Trinajstić information content (AvgIpc) is 3.01. The molecule has 94 valence electrons. The first-order valence-electron chi connectivity index (χ1n) is 5.95. The Morgan fingerprint density at radius 3 is 3.11 bits per heavy atom. The molecule has 3 rings (SSSR count). The Kier molecular flexibility index (Phi) is 3.04. The summed E-state index contributed by atoms with van der Waals surface area (Å²) in [5, 5.41) is 13.4. The van der Waals surface area contributed by atoms with Gasteiger partial charge in [0, 0.05) is 19.3 Å². The molecule has 1 aliphatic rings. The number of aliphatic hydroxyl groups excluding tert-OH is 1. The molecular weight excluding hydrogens is 232 g/mol. The van der Waals surface area contributed by atoms with E-state index in [9.17, 15) is 5.11 Å². The molecule has 1 fully saturated rings. The minimum atomic E-state index is -0.233. The highest BCUT2D eigenvalue weighted by Gasteiger charge is 2.22. The fourth-order valence-corrected chi connectivity index (χ4v) is 2.07. The molecule has 0 bridgehead atoms. The third-order valence-electron chi connectivity index (χ3n) is 2.97. The minimum Gasteiger partial charge on any atom is -0.392 e. The monoisotopic (exact) mass is 246 g/mol. The molecule has 18 heavy (non-hydrogen) atoms. The molecule has 0 aliphatic carbocycles. The van der Waals surface area contributed by atoms with E-state index < -0.39 is 0 Å². The second-order valence-corrected chi connectivity index (χ2v) is 4.40. The summed E-state index contributed by atoms with van der Waals surface area (Å²) in [5.41, 5.74) is 0.703. The van der Waals surface area contributed by atoms with E-state index in [0.29, 0.717) is 30.5 Å². The van der Waals surface area contributed by atoms with Gasteiger partial charge in [0.05, 0.1) is 12.6 Å². The lowest BCUT2D eigenvalue weighted by Gasteiger charge is -2.10. The topological polar surface area (TPSA) is 75.3 Å². The van der Waals surface area contributed by atoms with Crippen LogP contribution in [-0.2, 0) is 6.54 Å². The van der Waals surface area contributed by atoms with Gasteiger partial charge in [-0.05, 0) is 18.6 Å². The Labute approximate surface area is 104 Å². The third-order valence-corrected chi connectivity index (χ3v) is 2.97. The van der Waals surface area contributed by atoms with Crippen LogP contribution in [0.25, 0.3) is 11.5 Å². The smallest absolute Gasteiger partial charge is 0.241 e. The predicted molar refractivity (Wildman–Crippen MR) is 63.4 cm³/mol. The van der Waals surface area contributed by atoms with Gasteiger partial charge in [0.25, 0.3) is 0 Å². The summed E-state index contributed by atoms with van der Waals surface area (Å²) in [7, 11) is 0. The van der Waals surface area contributed by atoms with Crippen LogP contribution in [0.4, 0.5) is 0 Å². The number of nitrogens with zero attached hydrogens (tertiary/aromatic N) is 4. The summed E-state index contributed by atoms with van der Waals surface area (Å²) < 4.78 is 5.19. The Balaban J connectivity index is 1.70. The van der Waals surface area contributed by atoms with Crippen molar-refractivity contribution in [2.24, 2.45) is 0 Å². The second kappa shape index (κ2) is 4.83. The van der Waals surface area contributed by atoms with E-state index in [4.69, 9.17) is 4.52 Å². The van der Waals surface area contributed by atoms with Crippen LogP contribution in [0.1, 0.15) is 12.3 Å². The van der Waals surface area contributed by atoms with Crippen LogP contribution in [0.15, 0.2) is 28.9 Å². The second-order valence-electron chi connectivity index (χ2n) is 4.40. The zero-order valence-electron chi connectivity index (χ0n) is 9.86. The summed E-state index contributed by atoms with van der Waals surface area (Å²) in [6.45, 7) is 2.11. The van der Waals surface area contributed by atoms with Crippen molar-refractivity contribution in [3.8, 4) is 11.5 Å². The molecule has 1 N–H and O–H groups in total. The lowest BCUT2D eigenvalue weighted by Crippen LogP contribution is -2.21. The zero-order chi connectivity index (χ0) is 12.4. The third kappa shape index (κ3) is 2.39. The lowest BCUT2D eigenvalue weighted by atomic mass is 10.3. The highest BCUT2D eigenvalue weighted by atomic mass is 16.5. The van der Waals surface area contributed by atoms with Crippen molar-refractivity contribution in [2.75, 3.05) is 13.1 Å². The van der Waals surface area contributed by atoms with Crippen LogP contribution in [-0.4, -0.2) is 44.3 Å². The van der Waals surface area contributed by atoms with Gasteiger partial charge in [0.15, 0.2) is 0 Å². The number of aromatic nitrogens is 3. The SMILES string of the molecule is OC1CCN(Cc2nc(-c3ccccn3)no2)C1. The van der Waals surface area contributed by atoms with Gasteiger partial charge >= 0.3 is 0 Å². The van der Waals surface area contributed by atoms with Crippen LogP contribution in [0.2, 0.25) is 0 Å². The molecule has 0 spiro atoms. The summed E-state index contributed by atoms with van der Waals surface area (Å²) in [5.74, 6) is 1.06. The van der Waals surface area contributed by atoms with Gasteiger partial charge in [0.1, 0.15) is 5.69 Å². The number of rotatable bonds is 3. The Morgan fingerprint density at radius 1 is 1.44 bits per heavy atom. The molecule has 3 heterocycles. The van der Waals surface area contributed by atoms with Crippen molar-refractivity contribution >= 4 is 0 Å². The van der Waals surface area contributed by atoms with Crippen molar-refractivity contribution in [1.82, 2.24) is 20.0 Å². The van der Waals surface area contributed by atoms with Gasteiger partial charge in [-0.2, -0.15) is 4.98 Å². The minimum absolute atomic E-state index is 0.233. The Morgan fingerprint density at radius 2 is 2.39 bits per heavy atom. The highest BCUT2D eigenvalue weighted by Crippen LogP contribution is 2.15. The fourth-order valence-electron chi connectivity index (χ4n) is 2.07. The standard InChI is InChI=1S/C12H14N4O2/c17-9-4-6-16(7-9)8-11-14-12(15-18-11)10-3-1-2-5-13-10/h1-3,5,9,17H,4,6-8H2. The van der Waals surface area contributed by atoms with Gasteiger partial charge in [-0.1, -0.05) is 11.2 Å². The summed E-state index contributed by atoms with van der Waals surface area (Å²) in [4.78, 5) is 10.6. The van der Waals surface area contributed by atoms with Crippen LogP contribution in [0.3, 0.4) is 0 Å². The van der Waals surface area contributed by atoms with Crippen molar-refractivity contribution in [1.29, 1.82) is 0 Å². The number of pyridine rings is 1. The first-order valence-corrected chi connectivity index (χ1v) is 5.95. The molecule has 1 atom stereocenters. The van der Waals surface area contributed by atoms with Crippen molar-refractivity contribution in [2.45, 2.75) is 19.1 Å². The highest BCUT2D eigenvalue weighted by molar-refractivity contribution is 5.46. The van der Waals surface area contributed by atoms with Crippen LogP contribution in [0, 0.1) is 0 Å². The normalized spacial score (nSPS) is 20.4. The number of hydrogen-bond acceptors (Lipinski definition) is 6. The molecular formula is C12H14N4O2. The van der Waals surface area contributed by atoms with Gasteiger partial charge in [-0.3, -0.25) is 9.88 Å². The molecule has 6 nitrogen and oxygen atoms in total. The van der Waals surface area contributed by atoms with E-state index in [-0.39, 0.29) is 6.10 Å². The maximum Gasteiger partial charge on any atom is 0.241 e. The number of hydrogen-bond donors (Lipinski definition) is 1. The van der Waals surface area contributed by atoms with E-state index in [1.54, 1.807) is 6.20 Å². The maximum absolute atomic E-state index is 9.44. The molecule has 0 radical (unpaired) electrons. The maximum atomic E-state index is 9.44. The van der Waals surface area contributed by atoms with E-state index in [1.807, 2.05) is 18.2 Å². The number of β-amino-alcohol motifs (C(OH)–C–C–N with tert-alkyl or cyclic N) is 1. The fraction of sp³-hybridized carbons (Fsp3) is 0.417. The van der Waals surface area contributed by atoms with Gasteiger partial charge in [0.2, 0.25) is 11.7 Å². The lowest BCUT2D eigenvalue weighted by molar-refractivity contribution is 0.169. The van der Waals surface area contributed by atoms with Gasteiger partial charge < -0.3 is 9.63 Å². The number of likely N-dealkylation sites (tertiary alicyclic amines) is 1. The van der Waals surface area contributed by atoms with Crippen LogP contribution >= 0.6 is 0 Å². The number of aliphatic hydroxyl groups is 1. The van der Waals surface area contributed by atoms with Crippen molar-refractivity contribution in [3.05, 3.63) is 30.3 Å². The quantitative estimate of drug-likeness (QED) is 0.859. The van der Waals surface area contributed by atoms with E-state index >= 15 is 0 Å². The molecule has 1 unspecified atom stereocenters. The molecule has 6 heteroatoms. The molecule has 2 aromatic heterocycles. The zero-order valence-corrected chi connectivity index (χ0v) is 9.86. The van der Waals surface area contributed by atoms with Crippen LogP contribution in [0.5, 0.6) is 0 Å². The molecule has 0 aromatic carbocycles. The first-order chi connectivity index (χ1) is 8.81. The molecule has 1 aliphatic heterocycles. The largest absolute Gasteiger partial charge is 0.392 e. The molecule has 0 saturated carbocycles. The van der Waals surface area contributed by atoms with Crippen molar-refractivity contribution < 1.29 is 9.63 Å². The van der Waals surface area contributed by atoms with E-state index in [0.717, 1.165) is 13.0 Å². The summed E-state index contributed by atoms with van der Waals surface area (Å²) >= 11 is 0. The summed E-state index contributed by atoms with van der Waals surface area (Å²) in [6, 6.07) is 5.57. The Bertz CT molecular complexity index is 514. The average molecular weight is 246 g/mol. The molecule has 0 amide bonds.